The molecule has 2 heterocycles. The van der Waals surface area contributed by atoms with Gasteiger partial charge in [-0.25, -0.2) is 0 Å². The van der Waals surface area contributed by atoms with Crippen molar-refractivity contribution in [3.8, 4) is 0 Å². The average molecular weight is 523 g/mol. The zero-order valence-electron chi connectivity index (χ0n) is 20.0. The average Bonchev–Trinajstić information content (AvgIpc) is 3.18. The predicted octanol–water partition coefficient (Wildman–Crippen LogP) is 1.91. The third-order valence-corrected chi connectivity index (χ3v) is 6.52. The fourth-order valence-corrected chi connectivity index (χ4v) is 4.62. The molecule has 5 N–H and O–H groups in total. The zero-order valence-corrected chi connectivity index (χ0v) is 21.6. The summed E-state index contributed by atoms with van der Waals surface area (Å²) in [7, 11) is 0. The van der Waals surface area contributed by atoms with Gasteiger partial charge in [0.15, 0.2) is 5.69 Å². The van der Waals surface area contributed by atoms with Crippen LogP contribution < -0.4 is 16.8 Å². The molecule has 10 nitrogen and oxygen atoms in total. The van der Waals surface area contributed by atoms with Crippen molar-refractivity contribution in [2.24, 2.45) is 5.73 Å². The van der Waals surface area contributed by atoms with Gasteiger partial charge in [-0.3, -0.25) is 19.3 Å². The Balaban J connectivity index is 2.03. The van der Waals surface area contributed by atoms with Gasteiger partial charge in [0.1, 0.15) is 10.9 Å². The second-order valence-electron chi connectivity index (χ2n) is 9.28. The number of hydrogen-bond acceptors (Lipinski definition) is 8. The molecule has 0 spiro atoms. The summed E-state index contributed by atoms with van der Waals surface area (Å²) < 4.78 is 9.39. The van der Waals surface area contributed by atoms with E-state index in [2.05, 4.69) is 14.6 Å². The highest BCUT2D eigenvalue weighted by Gasteiger charge is 2.36. The van der Waals surface area contributed by atoms with Crippen LogP contribution in [0.2, 0.25) is 5.02 Å². The van der Waals surface area contributed by atoms with E-state index in [0.29, 0.717) is 30.3 Å². The molecule has 1 aliphatic rings. The van der Waals surface area contributed by atoms with E-state index in [4.69, 9.17) is 27.8 Å². The van der Waals surface area contributed by atoms with Gasteiger partial charge in [0.2, 0.25) is 5.91 Å². The maximum absolute atomic E-state index is 13.8. The molecule has 0 bridgehead atoms. The Morgan fingerprint density at radius 1 is 1.23 bits per heavy atom. The third-order valence-electron chi connectivity index (χ3n) is 5.42. The topological polar surface area (TPSA) is 144 Å². The van der Waals surface area contributed by atoms with E-state index in [-0.39, 0.29) is 28.7 Å². The number of nitrogen functional groups attached to an aromatic ring is 1. The quantitative estimate of drug-likeness (QED) is 0.480. The van der Waals surface area contributed by atoms with Crippen molar-refractivity contribution in [3.05, 3.63) is 45.4 Å². The molecule has 35 heavy (non-hydrogen) atoms. The molecule has 1 unspecified atom stereocenters. The number of benzene rings is 1. The molecule has 2 aromatic rings. The number of aromatic nitrogens is 1. The van der Waals surface area contributed by atoms with Gasteiger partial charge in [-0.15, -0.1) is 0 Å². The minimum Gasteiger partial charge on any atom is -0.395 e. The van der Waals surface area contributed by atoms with E-state index >= 15 is 0 Å². The summed E-state index contributed by atoms with van der Waals surface area (Å²) in [5.74, 6) is -1.68. The fraction of sp³-hybridized carbons (Fsp3) is 0.478. The van der Waals surface area contributed by atoms with Gasteiger partial charge >= 0.3 is 0 Å². The minimum atomic E-state index is -0.974. The van der Waals surface area contributed by atoms with Crippen LogP contribution >= 0.6 is 23.1 Å². The molecule has 190 valence electrons. The largest absolute Gasteiger partial charge is 0.395 e. The number of ether oxygens (including phenoxy) is 1. The van der Waals surface area contributed by atoms with Crippen LogP contribution in [0.15, 0.2) is 24.3 Å². The second-order valence-corrected chi connectivity index (χ2v) is 10.5. The Morgan fingerprint density at radius 2 is 1.86 bits per heavy atom. The molecule has 1 saturated heterocycles. The van der Waals surface area contributed by atoms with Crippen molar-refractivity contribution in [2.75, 3.05) is 45.1 Å². The Kier molecular flexibility index (Phi) is 8.70. The number of halogens is 1. The molecule has 1 aromatic heterocycles. The van der Waals surface area contributed by atoms with Gasteiger partial charge in [-0.2, -0.15) is 4.37 Å². The molecule has 1 aromatic carbocycles. The predicted molar refractivity (Wildman–Crippen MR) is 135 cm³/mol. The lowest BCUT2D eigenvalue weighted by Crippen LogP contribution is -2.51. The number of anilines is 1. The molecule has 1 fully saturated rings. The van der Waals surface area contributed by atoms with E-state index in [1.165, 1.54) is 4.90 Å². The molecular weight excluding hydrogens is 492 g/mol. The number of rotatable bonds is 8. The van der Waals surface area contributed by atoms with Crippen molar-refractivity contribution >= 4 is 46.5 Å². The number of amides is 3. The molecular formula is C23H31ClN6O4S. The van der Waals surface area contributed by atoms with E-state index in [0.717, 1.165) is 24.6 Å². The monoisotopic (exact) mass is 522 g/mol. The third kappa shape index (κ3) is 6.91. The van der Waals surface area contributed by atoms with Crippen LogP contribution in [0.3, 0.4) is 0 Å². The number of morpholine rings is 1. The van der Waals surface area contributed by atoms with Crippen LogP contribution in [0, 0.1) is 0 Å². The fourth-order valence-electron chi connectivity index (χ4n) is 3.74. The molecule has 1 atom stereocenters. The summed E-state index contributed by atoms with van der Waals surface area (Å²) in [6.45, 7) is 8.98. The molecule has 0 radical (unpaired) electrons. The van der Waals surface area contributed by atoms with Crippen LogP contribution in [-0.4, -0.2) is 76.8 Å². The number of primary amides is 1. The first-order chi connectivity index (χ1) is 16.5. The smallest absolute Gasteiger partial charge is 0.270 e. The number of carbonyl (C=O) groups excluding carboxylic acids is 3. The maximum atomic E-state index is 13.8. The number of hydrogen-bond donors (Lipinski definition) is 3. The van der Waals surface area contributed by atoms with E-state index in [9.17, 15) is 14.4 Å². The summed E-state index contributed by atoms with van der Waals surface area (Å²) in [6, 6.07) is 5.80. The van der Waals surface area contributed by atoms with Crippen LogP contribution in [0.25, 0.3) is 0 Å². The van der Waals surface area contributed by atoms with Gasteiger partial charge in [0.25, 0.3) is 11.8 Å². The van der Waals surface area contributed by atoms with E-state index < -0.39 is 23.4 Å². The van der Waals surface area contributed by atoms with E-state index in [1.54, 1.807) is 24.3 Å². The van der Waals surface area contributed by atoms with Gasteiger partial charge in [-0.1, -0.05) is 23.7 Å². The van der Waals surface area contributed by atoms with Crippen molar-refractivity contribution in [1.82, 2.24) is 19.5 Å². The van der Waals surface area contributed by atoms with Crippen LogP contribution in [0.4, 0.5) is 5.69 Å². The Morgan fingerprint density at radius 3 is 2.40 bits per heavy atom. The van der Waals surface area contributed by atoms with E-state index in [1.807, 2.05) is 20.8 Å². The van der Waals surface area contributed by atoms with Gasteiger partial charge in [0.05, 0.1) is 18.9 Å². The molecule has 0 saturated carbocycles. The SMILES string of the molecule is CC(C)(C)NC(=O)C(c1ccc(Cl)cc1)N(CCN1CCOCC1)C(=O)c1snc(C(N)=O)c1N. The summed E-state index contributed by atoms with van der Waals surface area (Å²) in [4.78, 5) is 42.8. The summed E-state index contributed by atoms with van der Waals surface area (Å²) in [5, 5.41) is 3.49. The second kappa shape index (κ2) is 11.3. The van der Waals surface area contributed by atoms with Crippen LogP contribution in [0.5, 0.6) is 0 Å². The number of carbonyl (C=O) groups is 3. The van der Waals surface area contributed by atoms with Crippen molar-refractivity contribution < 1.29 is 19.1 Å². The Hall–Kier alpha value is -2.73. The first-order valence-corrected chi connectivity index (χ1v) is 12.4. The first kappa shape index (κ1) is 26.9. The number of nitrogens with one attached hydrogen (secondary N) is 1. The Labute approximate surface area is 213 Å². The van der Waals surface area contributed by atoms with Crippen LogP contribution in [-0.2, 0) is 9.53 Å². The zero-order chi connectivity index (χ0) is 25.8. The molecule has 3 rings (SSSR count). The molecule has 3 amide bonds. The maximum Gasteiger partial charge on any atom is 0.270 e. The summed E-state index contributed by atoms with van der Waals surface area (Å²) in [5.41, 5.74) is 11.2. The van der Waals surface area contributed by atoms with Gasteiger partial charge in [-0.05, 0) is 50.0 Å². The highest BCUT2D eigenvalue weighted by Crippen LogP contribution is 2.30. The van der Waals surface area contributed by atoms with Crippen molar-refractivity contribution in [3.63, 3.8) is 0 Å². The summed E-state index contributed by atoms with van der Waals surface area (Å²) in [6.07, 6.45) is 0. The lowest BCUT2D eigenvalue weighted by atomic mass is 10.0. The normalized spacial score (nSPS) is 15.4. The van der Waals surface area contributed by atoms with Crippen LogP contribution in [0.1, 0.15) is 52.5 Å². The van der Waals surface area contributed by atoms with Gasteiger partial charge in [0, 0.05) is 36.7 Å². The standard InChI is InChI=1S/C23H31ClN6O4S/c1-23(2,3)27-21(32)18(14-4-6-15(24)7-5-14)30(9-8-29-10-12-34-13-11-29)22(33)19-16(25)17(20(26)31)28-35-19/h4-7,18H,8-13,25H2,1-3H3,(H2,26,31)(H,27,32). The number of nitrogens with two attached hydrogens (primary N) is 2. The number of nitrogens with zero attached hydrogens (tertiary/aromatic N) is 3. The lowest BCUT2D eigenvalue weighted by molar-refractivity contribution is -0.127. The highest BCUT2D eigenvalue weighted by atomic mass is 35.5. The molecule has 1 aliphatic heterocycles. The first-order valence-electron chi connectivity index (χ1n) is 11.2. The molecule has 0 aliphatic carbocycles. The highest BCUT2D eigenvalue weighted by molar-refractivity contribution is 7.09. The lowest BCUT2D eigenvalue weighted by Gasteiger charge is -2.35. The Bertz CT molecular complexity index is 1060. The van der Waals surface area contributed by atoms with Gasteiger partial charge < -0.3 is 26.4 Å². The summed E-state index contributed by atoms with van der Waals surface area (Å²) >= 11 is 6.88. The molecule has 12 heteroatoms. The van der Waals surface area contributed by atoms with Crippen molar-refractivity contribution in [1.29, 1.82) is 0 Å². The minimum absolute atomic E-state index is 0.0586. The van der Waals surface area contributed by atoms with Crippen molar-refractivity contribution in [2.45, 2.75) is 32.4 Å².